The van der Waals surface area contributed by atoms with Crippen molar-refractivity contribution in [1.82, 2.24) is 14.1 Å². The second kappa shape index (κ2) is 6.08. The van der Waals surface area contributed by atoms with Crippen LogP contribution in [0.25, 0.3) is 11.2 Å². The van der Waals surface area contributed by atoms with Crippen molar-refractivity contribution in [3.63, 3.8) is 0 Å². The Morgan fingerprint density at radius 1 is 1.24 bits per heavy atom. The second-order valence-electron chi connectivity index (χ2n) is 5.96. The summed E-state index contributed by atoms with van der Waals surface area (Å²) in [7, 11) is 3.39. The summed E-state index contributed by atoms with van der Waals surface area (Å²) in [5.41, 5.74) is 3.27. The Balaban J connectivity index is 1.92. The number of pyridine rings is 1. The van der Waals surface area contributed by atoms with Gasteiger partial charge < -0.3 is 9.64 Å². The summed E-state index contributed by atoms with van der Waals surface area (Å²) in [6, 6.07) is 9.66. The predicted octanol–water partition coefficient (Wildman–Crippen LogP) is 1.64. The number of rotatable bonds is 4. The summed E-state index contributed by atoms with van der Waals surface area (Å²) in [6.07, 6.45) is 3.55. The van der Waals surface area contributed by atoms with E-state index in [0.29, 0.717) is 12.2 Å². The molecule has 1 aromatic carbocycles. The van der Waals surface area contributed by atoms with E-state index in [0.717, 1.165) is 35.6 Å². The lowest BCUT2D eigenvalue weighted by Gasteiger charge is -2.16. The average molecular weight is 337 g/mol. The lowest BCUT2D eigenvalue weighted by molar-refractivity contribution is 0.408. The molecule has 0 N–H and O–H groups in total. The maximum Gasteiger partial charge on any atom is 0.330 e. The smallest absolute Gasteiger partial charge is 0.330 e. The normalized spacial score (nSPS) is 13.8. The second-order valence-corrected chi connectivity index (χ2v) is 5.96. The molecule has 0 aliphatic carbocycles. The van der Waals surface area contributed by atoms with Crippen LogP contribution in [0.1, 0.15) is 5.56 Å². The van der Waals surface area contributed by atoms with Crippen LogP contribution in [0.3, 0.4) is 0 Å². The standard InChI is InChI=1S/C18H19N5O2/c1-21-17-16(14(7-8-20-17)22-10-9-19-12-22)23(18(21)24)11-13-5-3-4-6-15(13)25-2/h3-8,12H,9-11H2,1-2H3. The lowest BCUT2D eigenvalue weighted by atomic mass is 10.2. The quantitative estimate of drug-likeness (QED) is 0.726. The van der Waals surface area contributed by atoms with Gasteiger partial charge in [-0.15, -0.1) is 0 Å². The minimum Gasteiger partial charge on any atom is -0.496 e. The topological polar surface area (TPSA) is 64.7 Å². The van der Waals surface area contributed by atoms with Crippen molar-refractivity contribution >= 4 is 23.2 Å². The van der Waals surface area contributed by atoms with Gasteiger partial charge in [-0.25, -0.2) is 9.78 Å². The van der Waals surface area contributed by atoms with E-state index < -0.39 is 0 Å². The van der Waals surface area contributed by atoms with Crippen LogP contribution in [-0.4, -0.2) is 40.7 Å². The third-order valence-electron chi connectivity index (χ3n) is 4.51. The van der Waals surface area contributed by atoms with Crippen LogP contribution in [0, 0.1) is 0 Å². The van der Waals surface area contributed by atoms with Gasteiger partial charge in [0.15, 0.2) is 5.65 Å². The maximum absolute atomic E-state index is 12.9. The van der Waals surface area contributed by atoms with Crippen LogP contribution in [0.4, 0.5) is 5.69 Å². The van der Waals surface area contributed by atoms with Gasteiger partial charge in [-0.2, -0.15) is 0 Å². The van der Waals surface area contributed by atoms with Gasteiger partial charge in [0.1, 0.15) is 11.3 Å². The van der Waals surface area contributed by atoms with E-state index in [1.807, 2.05) is 36.7 Å². The van der Waals surface area contributed by atoms with E-state index in [2.05, 4.69) is 14.9 Å². The van der Waals surface area contributed by atoms with Crippen molar-refractivity contribution in [2.45, 2.75) is 6.54 Å². The molecule has 1 aliphatic heterocycles. The highest BCUT2D eigenvalue weighted by atomic mass is 16.5. The van der Waals surface area contributed by atoms with Crippen molar-refractivity contribution in [1.29, 1.82) is 0 Å². The summed E-state index contributed by atoms with van der Waals surface area (Å²) in [4.78, 5) is 23.6. The molecule has 0 amide bonds. The fraction of sp³-hybridized carbons (Fsp3) is 0.278. The Morgan fingerprint density at radius 3 is 2.84 bits per heavy atom. The average Bonchev–Trinajstić information content (AvgIpc) is 3.26. The number of methoxy groups -OCH3 is 1. The Hall–Kier alpha value is -3.09. The molecule has 0 saturated heterocycles. The van der Waals surface area contributed by atoms with E-state index in [1.54, 1.807) is 29.5 Å². The predicted molar refractivity (Wildman–Crippen MR) is 97.8 cm³/mol. The minimum atomic E-state index is -0.100. The molecule has 0 spiro atoms. The summed E-state index contributed by atoms with van der Waals surface area (Å²) in [6.45, 7) is 1.98. The minimum absolute atomic E-state index is 0.100. The number of anilines is 1. The number of aliphatic imine (C=N–C) groups is 1. The van der Waals surface area contributed by atoms with Crippen LogP contribution in [0.5, 0.6) is 5.75 Å². The number of benzene rings is 1. The molecular formula is C18H19N5O2. The molecule has 0 radical (unpaired) electrons. The molecule has 128 valence electrons. The molecule has 3 heterocycles. The fourth-order valence-electron chi connectivity index (χ4n) is 3.25. The molecule has 4 rings (SSSR count). The molecule has 0 saturated carbocycles. The highest BCUT2D eigenvalue weighted by molar-refractivity contribution is 5.95. The maximum atomic E-state index is 12.9. The van der Waals surface area contributed by atoms with Crippen molar-refractivity contribution in [2.75, 3.05) is 25.1 Å². The summed E-state index contributed by atoms with van der Waals surface area (Å²) in [5.74, 6) is 0.763. The molecule has 2 aromatic heterocycles. The molecule has 7 nitrogen and oxygen atoms in total. The van der Waals surface area contributed by atoms with Gasteiger partial charge in [0.25, 0.3) is 0 Å². The first-order chi connectivity index (χ1) is 12.2. The number of ether oxygens (including phenoxy) is 1. The summed E-state index contributed by atoms with van der Waals surface area (Å²) >= 11 is 0. The van der Waals surface area contributed by atoms with Crippen LogP contribution in [0.15, 0.2) is 46.3 Å². The molecule has 0 unspecified atom stereocenters. The van der Waals surface area contributed by atoms with E-state index >= 15 is 0 Å². The van der Waals surface area contributed by atoms with Gasteiger partial charge in [0.05, 0.1) is 32.2 Å². The Kier molecular flexibility index (Phi) is 3.76. The number of fused-ring (bicyclic) bond motifs is 1. The van der Waals surface area contributed by atoms with Crippen LogP contribution in [0.2, 0.25) is 0 Å². The number of aryl methyl sites for hydroxylation is 1. The number of nitrogens with zero attached hydrogens (tertiary/aromatic N) is 5. The van der Waals surface area contributed by atoms with Crippen molar-refractivity contribution < 1.29 is 4.74 Å². The molecule has 7 heteroatoms. The molecule has 3 aromatic rings. The Bertz CT molecular complexity index is 1020. The highest BCUT2D eigenvalue weighted by Crippen LogP contribution is 2.27. The van der Waals surface area contributed by atoms with E-state index in [-0.39, 0.29) is 5.69 Å². The number of hydrogen-bond acceptors (Lipinski definition) is 5. The van der Waals surface area contributed by atoms with Gasteiger partial charge in [0.2, 0.25) is 0 Å². The Labute approximate surface area is 144 Å². The van der Waals surface area contributed by atoms with Gasteiger partial charge in [-0.05, 0) is 12.1 Å². The highest BCUT2D eigenvalue weighted by Gasteiger charge is 2.20. The monoisotopic (exact) mass is 337 g/mol. The van der Waals surface area contributed by atoms with E-state index in [9.17, 15) is 4.79 Å². The van der Waals surface area contributed by atoms with Crippen LogP contribution < -0.4 is 15.3 Å². The number of para-hydroxylation sites is 1. The zero-order valence-corrected chi connectivity index (χ0v) is 14.2. The molecule has 25 heavy (non-hydrogen) atoms. The molecule has 0 fully saturated rings. The third-order valence-corrected chi connectivity index (χ3v) is 4.51. The van der Waals surface area contributed by atoms with Gasteiger partial charge in [-0.3, -0.25) is 14.1 Å². The first-order valence-corrected chi connectivity index (χ1v) is 8.13. The first-order valence-electron chi connectivity index (χ1n) is 8.13. The van der Waals surface area contributed by atoms with Crippen LogP contribution >= 0.6 is 0 Å². The van der Waals surface area contributed by atoms with Gasteiger partial charge in [-0.1, -0.05) is 18.2 Å². The number of imidazole rings is 1. The largest absolute Gasteiger partial charge is 0.496 e. The molecule has 1 aliphatic rings. The third kappa shape index (κ3) is 2.48. The van der Waals surface area contributed by atoms with Gasteiger partial charge in [0, 0.05) is 25.4 Å². The zero-order valence-electron chi connectivity index (χ0n) is 14.2. The van der Waals surface area contributed by atoms with Crippen LogP contribution in [-0.2, 0) is 13.6 Å². The first kappa shape index (κ1) is 15.4. The van der Waals surface area contributed by atoms with Crippen molar-refractivity contribution in [2.24, 2.45) is 12.0 Å². The van der Waals surface area contributed by atoms with E-state index in [4.69, 9.17) is 4.74 Å². The van der Waals surface area contributed by atoms with E-state index in [1.165, 1.54) is 0 Å². The fourth-order valence-corrected chi connectivity index (χ4v) is 3.25. The molecule has 0 bridgehead atoms. The lowest BCUT2D eigenvalue weighted by Crippen LogP contribution is -2.24. The Morgan fingerprint density at radius 2 is 2.08 bits per heavy atom. The van der Waals surface area contributed by atoms with Crippen molar-refractivity contribution in [3.05, 3.63) is 52.6 Å². The number of hydrogen-bond donors (Lipinski definition) is 0. The molecule has 0 atom stereocenters. The molecular weight excluding hydrogens is 318 g/mol. The zero-order chi connectivity index (χ0) is 17.4. The number of aromatic nitrogens is 3. The van der Waals surface area contributed by atoms with Crippen molar-refractivity contribution in [3.8, 4) is 5.75 Å². The summed E-state index contributed by atoms with van der Waals surface area (Å²) < 4.78 is 8.77. The SMILES string of the molecule is COc1ccccc1Cn1c(=O)n(C)c2nccc(N3C=NCC3)c21. The summed E-state index contributed by atoms with van der Waals surface area (Å²) in [5, 5.41) is 0. The van der Waals surface area contributed by atoms with Gasteiger partial charge >= 0.3 is 5.69 Å².